The van der Waals surface area contributed by atoms with Gasteiger partial charge in [0.15, 0.2) is 0 Å². The van der Waals surface area contributed by atoms with Gasteiger partial charge in [0.25, 0.3) is 0 Å². The molecule has 1 unspecified atom stereocenters. The zero-order valence-corrected chi connectivity index (χ0v) is 10.8. The summed E-state index contributed by atoms with van der Waals surface area (Å²) < 4.78 is 1.72. The summed E-state index contributed by atoms with van der Waals surface area (Å²) in [5, 5.41) is 13.3. The quantitative estimate of drug-likeness (QED) is 0.731. The summed E-state index contributed by atoms with van der Waals surface area (Å²) in [6.45, 7) is 2.17. The van der Waals surface area contributed by atoms with Crippen molar-refractivity contribution in [1.29, 1.82) is 0 Å². The lowest BCUT2D eigenvalue weighted by atomic mass is 10.0. The molecule has 0 spiro atoms. The maximum atomic E-state index is 5.68. The molecule has 1 aromatic carbocycles. The largest absolute Gasteiger partial charge is 0.399 e. The first-order chi connectivity index (χ1) is 8.72. The van der Waals surface area contributed by atoms with Crippen LogP contribution in [0.4, 0.5) is 5.69 Å². The Morgan fingerprint density at radius 1 is 1.33 bits per heavy atom. The Labute approximate surface area is 108 Å². The SMILES string of the molecule is CC(Cc1ccc(N)cc1)c1nn2cnnc2s1. The zero-order chi connectivity index (χ0) is 12.5. The van der Waals surface area contributed by atoms with Gasteiger partial charge in [-0.3, -0.25) is 0 Å². The van der Waals surface area contributed by atoms with Crippen LogP contribution in [0.2, 0.25) is 0 Å². The molecule has 0 saturated heterocycles. The molecule has 0 aliphatic heterocycles. The third-order valence-electron chi connectivity index (χ3n) is 2.85. The van der Waals surface area contributed by atoms with E-state index in [0.717, 1.165) is 22.1 Å². The molecule has 0 radical (unpaired) electrons. The van der Waals surface area contributed by atoms with Crippen molar-refractivity contribution >= 4 is 22.0 Å². The Balaban J connectivity index is 1.80. The highest BCUT2D eigenvalue weighted by molar-refractivity contribution is 7.16. The smallest absolute Gasteiger partial charge is 0.234 e. The van der Waals surface area contributed by atoms with Gasteiger partial charge in [0.1, 0.15) is 11.3 Å². The second-order valence-corrected chi connectivity index (χ2v) is 5.33. The molecule has 0 fully saturated rings. The van der Waals surface area contributed by atoms with Gasteiger partial charge in [-0.25, -0.2) is 0 Å². The van der Waals surface area contributed by atoms with Crippen molar-refractivity contribution < 1.29 is 0 Å². The molecule has 3 aromatic rings. The van der Waals surface area contributed by atoms with Gasteiger partial charge in [-0.1, -0.05) is 30.4 Å². The van der Waals surface area contributed by atoms with Crippen LogP contribution in [0.5, 0.6) is 0 Å². The Morgan fingerprint density at radius 2 is 2.11 bits per heavy atom. The molecule has 0 amide bonds. The molecule has 18 heavy (non-hydrogen) atoms. The van der Waals surface area contributed by atoms with Crippen LogP contribution in [0.1, 0.15) is 23.4 Å². The highest BCUT2D eigenvalue weighted by Gasteiger charge is 2.13. The van der Waals surface area contributed by atoms with Gasteiger partial charge in [-0.15, -0.1) is 10.2 Å². The molecule has 2 N–H and O–H groups in total. The number of anilines is 1. The molecule has 1 atom stereocenters. The van der Waals surface area contributed by atoms with Crippen LogP contribution in [-0.2, 0) is 6.42 Å². The first-order valence-corrected chi connectivity index (χ1v) is 6.55. The average molecular weight is 259 g/mol. The van der Waals surface area contributed by atoms with Gasteiger partial charge in [0.2, 0.25) is 4.96 Å². The molecule has 0 bridgehead atoms. The second-order valence-electron chi connectivity index (χ2n) is 4.35. The van der Waals surface area contributed by atoms with E-state index in [9.17, 15) is 0 Å². The minimum Gasteiger partial charge on any atom is -0.399 e. The maximum absolute atomic E-state index is 5.68. The number of nitrogens with two attached hydrogens (primary N) is 1. The number of fused-ring (bicyclic) bond motifs is 1. The van der Waals surface area contributed by atoms with Gasteiger partial charge in [-0.2, -0.15) is 9.61 Å². The molecule has 0 aliphatic carbocycles. The predicted molar refractivity (Wildman–Crippen MR) is 71.6 cm³/mol. The summed E-state index contributed by atoms with van der Waals surface area (Å²) in [5.74, 6) is 0.361. The minimum absolute atomic E-state index is 0.361. The van der Waals surface area contributed by atoms with Crippen LogP contribution in [0.15, 0.2) is 30.6 Å². The van der Waals surface area contributed by atoms with E-state index in [1.165, 1.54) is 5.56 Å². The van der Waals surface area contributed by atoms with Crippen LogP contribution >= 0.6 is 11.3 Å². The van der Waals surface area contributed by atoms with E-state index >= 15 is 0 Å². The third kappa shape index (κ3) is 2.06. The van der Waals surface area contributed by atoms with Crippen molar-refractivity contribution in [3.8, 4) is 0 Å². The van der Waals surface area contributed by atoms with E-state index in [2.05, 4.69) is 34.4 Å². The van der Waals surface area contributed by atoms with Crippen LogP contribution in [-0.4, -0.2) is 19.8 Å². The zero-order valence-electron chi connectivity index (χ0n) is 9.95. The number of nitrogens with zero attached hydrogens (tertiary/aromatic N) is 4. The predicted octanol–water partition coefficient (Wildman–Crippen LogP) is 2.11. The number of hydrogen-bond donors (Lipinski definition) is 1. The highest BCUT2D eigenvalue weighted by atomic mass is 32.1. The minimum atomic E-state index is 0.361. The van der Waals surface area contributed by atoms with Gasteiger partial charge < -0.3 is 5.73 Å². The molecule has 6 heteroatoms. The summed E-state index contributed by atoms with van der Waals surface area (Å²) >= 11 is 1.59. The Bertz CT molecular complexity index is 626. The molecular weight excluding hydrogens is 246 g/mol. The molecule has 5 nitrogen and oxygen atoms in total. The first-order valence-electron chi connectivity index (χ1n) is 5.73. The first kappa shape index (κ1) is 11.2. The van der Waals surface area contributed by atoms with Gasteiger partial charge in [0.05, 0.1) is 0 Å². The summed E-state index contributed by atoms with van der Waals surface area (Å²) in [7, 11) is 0. The van der Waals surface area contributed by atoms with Crippen LogP contribution < -0.4 is 5.73 Å². The van der Waals surface area contributed by atoms with Crippen LogP contribution in [0, 0.1) is 0 Å². The molecule has 2 heterocycles. The lowest BCUT2D eigenvalue weighted by Gasteiger charge is -2.07. The van der Waals surface area contributed by atoms with E-state index in [1.54, 1.807) is 22.2 Å². The number of benzene rings is 1. The second kappa shape index (κ2) is 4.38. The lowest BCUT2D eigenvalue weighted by molar-refractivity contribution is 0.725. The van der Waals surface area contributed by atoms with E-state index in [1.807, 2.05) is 12.1 Å². The van der Waals surface area contributed by atoms with Crippen molar-refractivity contribution in [3.63, 3.8) is 0 Å². The van der Waals surface area contributed by atoms with Crippen molar-refractivity contribution in [2.24, 2.45) is 0 Å². The summed E-state index contributed by atoms with van der Waals surface area (Å²) in [6.07, 6.45) is 2.58. The van der Waals surface area contributed by atoms with E-state index in [-0.39, 0.29) is 0 Å². The molecule has 0 aliphatic rings. The van der Waals surface area contributed by atoms with Crippen molar-refractivity contribution in [3.05, 3.63) is 41.2 Å². The molecule has 0 saturated carbocycles. The maximum Gasteiger partial charge on any atom is 0.234 e. The number of aromatic nitrogens is 4. The van der Waals surface area contributed by atoms with E-state index < -0.39 is 0 Å². The Kier molecular flexibility index (Phi) is 2.71. The fraction of sp³-hybridized carbons (Fsp3) is 0.250. The van der Waals surface area contributed by atoms with Crippen molar-refractivity contribution in [2.45, 2.75) is 19.3 Å². The third-order valence-corrected chi connectivity index (χ3v) is 3.99. The van der Waals surface area contributed by atoms with Gasteiger partial charge in [0, 0.05) is 11.6 Å². The van der Waals surface area contributed by atoms with Gasteiger partial charge in [-0.05, 0) is 24.1 Å². The molecule has 2 aromatic heterocycles. The fourth-order valence-electron chi connectivity index (χ4n) is 1.87. The lowest BCUT2D eigenvalue weighted by Crippen LogP contribution is -1.99. The molecular formula is C12H13N5S. The fourth-order valence-corrected chi connectivity index (χ4v) is 2.74. The highest BCUT2D eigenvalue weighted by Crippen LogP contribution is 2.24. The van der Waals surface area contributed by atoms with Gasteiger partial charge >= 0.3 is 0 Å². The summed E-state index contributed by atoms with van der Waals surface area (Å²) in [4.78, 5) is 0.842. The van der Waals surface area contributed by atoms with Crippen LogP contribution in [0.3, 0.4) is 0 Å². The van der Waals surface area contributed by atoms with Crippen LogP contribution in [0.25, 0.3) is 4.96 Å². The molecule has 92 valence electrons. The van der Waals surface area contributed by atoms with E-state index in [4.69, 9.17) is 5.73 Å². The number of hydrogen-bond acceptors (Lipinski definition) is 5. The normalized spacial score (nSPS) is 12.9. The number of rotatable bonds is 3. The monoisotopic (exact) mass is 259 g/mol. The summed E-state index contributed by atoms with van der Waals surface area (Å²) in [5.41, 5.74) is 7.74. The number of nitrogen functional groups attached to an aromatic ring is 1. The van der Waals surface area contributed by atoms with E-state index in [0.29, 0.717) is 5.92 Å². The van der Waals surface area contributed by atoms with Crippen molar-refractivity contribution in [2.75, 3.05) is 5.73 Å². The summed E-state index contributed by atoms with van der Waals surface area (Å²) in [6, 6.07) is 7.99. The Morgan fingerprint density at radius 3 is 2.83 bits per heavy atom. The molecule has 3 rings (SSSR count). The standard InChI is InChI=1S/C12H13N5S/c1-8(6-9-2-4-10(13)5-3-9)11-16-17-7-14-15-12(17)18-11/h2-5,7-8H,6,13H2,1H3. The van der Waals surface area contributed by atoms with Crippen molar-refractivity contribution in [1.82, 2.24) is 19.8 Å². The average Bonchev–Trinajstić information content (AvgIpc) is 2.92. The Hall–Kier alpha value is -1.95. The topological polar surface area (TPSA) is 69.1 Å².